The molecular weight excluding hydrogens is 264 g/mol. The van der Waals surface area contributed by atoms with E-state index in [4.69, 9.17) is 5.84 Å². The first-order valence-electron chi connectivity index (χ1n) is 5.52. The summed E-state index contributed by atoms with van der Waals surface area (Å²) in [5.74, 6) is 5.58. The van der Waals surface area contributed by atoms with Crippen molar-refractivity contribution < 1.29 is 0 Å². The Balaban J connectivity index is 2.70. The summed E-state index contributed by atoms with van der Waals surface area (Å²) in [5.41, 5.74) is 5.34. The first-order valence-corrected chi connectivity index (χ1v) is 6.31. The molecule has 0 spiro atoms. The van der Waals surface area contributed by atoms with Crippen LogP contribution in [0.5, 0.6) is 0 Å². The van der Waals surface area contributed by atoms with Gasteiger partial charge in [0.25, 0.3) is 0 Å². The van der Waals surface area contributed by atoms with Crippen LogP contribution in [0.2, 0.25) is 0 Å². The molecule has 3 N–H and O–H groups in total. The zero-order valence-corrected chi connectivity index (χ0v) is 11.3. The van der Waals surface area contributed by atoms with E-state index in [9.17, 15) is 0 Å². The molecule has 2 nitrogen and oxygen atoms in total. The molecule has 0 amide bonds. The van der Waals surface area contributed by atoms with E-state index in [1.54, 1.807) is 0 Å². The predicted molar refractivity (Wildman–Crippen MR) is 73.0 cm³/mol. The number of nitrogens with one attached hydrogen (secondary N) is 1. The average molecular weight is 283 g/mol. The van der Waals surface area contributed by atoms with Crippen molar-refractivity contribution in [2.45, 2.75) is 32.2 Å². The first-order chi connectivity index (χ1) is 7.69. The van der Waals surface area contributed by atoms with Gasteiger partial charge in [-0.15, -0.1) is 6.58 Å². The van der Waals surface area contributed by atoms with Crippen LogP contribution in [0.3, 0.4) is 0 Å². The molecule has 1 unspecified atom stereocenters. The molecule has 0 saturated carbocycles. The normalized spacial score (nSPS) is 12.4. The second-order valence-corrected chi connectivity index (χ2v) is 4.80. The summed E-state index contributed by atoms with van der Waals surface area (Å²) in [6.45, 7) is 5.80. The Bertz CT molecular complexity index is 350. The maximum absolute atomic E-state index is 5.58. The zero-order chi connectivity index (χ0) is 12.0. The topological polar surface area (TPSA) is 38.0 Å². The van der Waals surface area contributed by atoms with Gasteiger partial charge in [0.15, 0.2) is 0 Å². The molecule has 0 aromatic heterocycles. The fourth-order valence-electron chi connectivity index (χ4n) is 1.64. The van der Waals surface area contributed by atoms with E-state index in [1.807, 2.05) is 6.08 Å². The number of hydrazine groups is 1. The number of unbranched alkanes of at least 4 members (excludes halogenated alkanes) is 1. The van der Waals surface area contributed by atoms with Crippen LogP contribution >= 0.6 is 15.9 Å². The molecule has 1 aromatic rings. The number of aryl methyl sites for hydroxylation is 1. The van der Waals surface area contributed by atoms with Gasteiger partial charge in [-0.2, -0.15) is 0 Å². The smallest absolute Gasteiger partial charge is 0.0460 e. The van der Waals surface area contributed by atoms with Gasteiger partial charge in [-0.05, 0) is 43.4 Å². The number of benzene rings is 1. The maximum Gasteiger partial charge on any atom is 0.0460 e. The second kappa shape index (κ2) is 6.84. The Labute approximate surface area is 106 Å². The van der Waals surface area contributed by atoms with Crippen LogP contribution in [-0.4, -0.2) is 0 Å². The van der Waals surface area contributed by atoms with Gasteiger partial charge in [0.1, 0.15) is 0 Å². The third-order valence-corrected chi connectivity index (χ3v) is 3.55. The van der Waals surface area contributed by atoms with E-state index in [0.717, 1.165) is 23.7 Å². The van der Waals surface area contributed by atoms with E-state index in [2.05, 4.69) is 53.1 Å². The highest BCUT2D eigenvalue weighted by Gasteiger charge is 2.09. The van der Waals surface area contributed by atoms with Crippen molar-refractivity contribution in [1.82, 2.24) is 5.43 Å². The Kier molecular flexibility index (Phi) is 5.74. The van der Waals surface area contributed by atoms with Crippen LogP contribution in [0.15, 0.2) is 35.3 Å². The first kappa shape index (κ1) is 13.4. The predicted octanol–water partition coefficient (Wildman–Crippen LogP) is 3.62. The van der Waals surface area contributed by atoms with Gasteiger partial charge in [-0.1, -0.05) is 34.1 Å². The lowest BCUT2D eigenvalue weighted by molar-refractivity contribution is 0.500. The van der Waals surface area contributed by atoms with Gasteiger partial charge in [-0.25, -0.2) is 0 Å². The lowest BCUT2D eigenvalue weighted by Gasteiger charge is -2.16. The summed E-state index contributed by atoms with van der Waals surface area (Å²) in [6.07, 6.45) is 5.10. The van der Waals surface area contributed by atoms with E-state index in [1.165, 1.54) is 11.1 Å². The molecule has 16 heavy (non-hydrogen) atoms. The molecule has 0 heterocycles. The zero-order valence-electron chi connectivity index (χ0n) is 9.67. The van der Waals surface area contributed by atoms with Gasteiger partial charge < -0.3 is 0 Å². The minimum atomic E-state index is 0.219. The molecule has 0 fully saturated rings. The molecule has 3 heteroatoms. The summed E-state index contributed by atoms with van der Waals surface area (Å²) < 4.78 is 1.13. The fourth-order valence-corrected chi connectivity index (χ4v) is 2.03. The number of hydrogen-bond acceptors (Lipinski definition) is 2. The largest absolute Gasteiger partial charge is 0.271 e. The van der Waals surface area contributed by atoms with Gasteiger partial charge in [0, 0.05) is 10.5 Å². The molecule has 88 valence electrons. The van der Waals surface area contributed by atoms with Gasteiger partial charge in [-0.3, -0.25) is 11.3 Å². The number of hydrogen-bond donors (Lipinski definition) is 2. The summed E-state index contributed by atoms with van der Waals surface area (Å²) in [6, 6.07) is 6.58. The lowest BCUT2D eigenvalue weighted by atomic mass is 10.0. The third kappa shape index (κ3) is 3.74. The van der Waals surface area contributed by atoms with Crippen LogP contribution in [0.1, 0.15) is 36.4 Å². The molecule has 0 saturated heterocycles. The highest BCUT2D eigenvalue weighted by Crippen LogP contribution is 2.24. The van der Waals surface area contributed by atoms with E-state index >= 15 is 0 Å². The van der Waals surface area contributed by atoms with Gasteiger partial charge in [0.05, 0.1) is 0 Å². The van der Waals surface area contributed by atoms with Crippen molar-refractivity contribution in [3.8, 4) is 0 Å². The molecule has 0 aliphatic carbocycles. The number of nitrogens with two attached hydrogens (primary N) is 1. The van der Waals surface area contributed by atoms with Crippen molar-refractivity contribution in [2.24, 2.45) is 5.84 Å². The maximum atomic E-state index is 5.58. The average Bonchev–Trinajstić information content (AvgIpc) is 2.29. The van der Waals surface area contributed by atoms with Crippen molar-refractivity contribution in [1.29, 1.82) is 0 Å². The van der Waals surface area contributed by atoms with Crippen molar-refractivity contribution in [3.63, 3.8) is 0 Å². The quantitative estimate of drug-likeness (QED) is 0.362. The van der Waals surface area contributed by atoms with Crippen molar-refractivity contribution in [2.75, 3.05) is 0 Å². The van der Waals surface area contributed by atoms with Crippen LogP contribution in [0.4, 0.5) is 0 Å². The molecule has 1 aromatic carbocycles. The van der Waals surface area contributed by atoms with Crippen molar-refractivity contribution in [3.05, 3.63) is 46.5 Å². The summed E-state index contributed by atoms with van der Waals surface area (Å²) >= 11 is 3.54. The summed E-state index contributed by atoms with van der Waals surface area (Å²) in [7, 11) is 0. The Morgan fingerprint density at radius 1 is 1.56 bits per heavy atom. The molecule has 0 bridgehead atoms. The summed E-state index contributed by atoms with van der Waals surface area (Å²) in [5, 5.41) is 0. The standard InChI is InChI=1S/C13H19BrN2/c1-3-4-5-6-13(16-15)11-8-7-10(2)12(14)9-11/h3,7-9,13,16H,1,4-6,15H2,2H3. The van der Waals surface area contributed by atoms with E-state index < -0.39 is 0 Å². The monoisotopic (exact) mass is 282 g/mol. The Hall–Kier alpha value is -0.640. The molecule has 0 aliphatic rings. The van der Waals surface area contributed by atoms with Gasteiger partial charge >= 0.3 is 0 Å². The molecule has 1 atom stereocenters. The van der Waals surface area contributed by atoms with Crippen LogP contribution in [0.25, 0.3) is 0 Å². The lowest BCUT2D eigenvalue weighted by Crippen LogP contribution is -2.28. The summed E-state index contributed by atoms with van der Waals surface area (Å²) in [4.78, 5) is 0. The second-order valence-electron chi connectivity index (χ2n) is 3.95. The van der Waals surface area contributed by atoms with Gasteiger partial charge in [0.2, 0.25) is 0 Å². The minimum Gasteiger partial charge on any atom is -0.271 e. The minimum absolute atomic E-state index is 0.219. The molecule has 1 rings (SSSR count). The highest BCUT2D eigenvalue weighted by atomic mass is 79.9. The Morgan fingerprint density at radius 3 is 2.88 bits per heavy atom. The van der Waals surface area contributed by atoms with Crippen LogP contribution in [0, 0.1) is 6.92 Å². The van der Waals surface area contributed by atoms with Crippen LogP contribution in [-0.2, 0) is 0 Å². The SMILES string of the molecule is C=CCCCC(NN)c1ccc(C)c(Br)c1. The van der Waals surface area contributed by atoms with Crippen LogP contribution < -0.4 is 11.3 Å². The fraction of sp³-hybridized carbons (Fsp3) is 0.385. The number of halogens is 1. The highest BCUT2D eigenvalue weighted by molar-refractivity contribution is 9.10. The molecule has 0 radical (unpaired) electrons. The third-order valence-electron chi connectivity index (χ3n) is 2.70. The number of allylic oxidation sites excluding steroid dienone is 1. The molecule has 0 aliphatic heterocycles. The Morgan fingerprint density at radius 2 is 2.31 bits per heavy atom. The van der Waals surface area contributed by atoms with E-state index in [0.29, 0.717) is 0 Å². The van der Waals surface area contributed by atoms with Crippen molar-refractivity contribution >= 4 is 15.9 Å². The number of rotatable bonds is 6. The van der Waals surface area contributed by atoms with E-state index in [-0.39, 0.29) is 6.04 Å². The molecular formula is C13H19BrN2.